The van der Waals surface area contributed by atoms with E-state index in [1.54, 1.807) is 30.3 Å². The van der Waals surface area contributed by atoms with Crippen LogP contribution in [0.25, 0.3) is 11.1 Å². The lowest BCUT2D eigenvalue weighted by molar-refractivity contribution is -0.138. The molecule has 0 bridgehead atoms. The van der Waals surface area contributed by atoms with Gasteiger partial charge in [-0.2, -0.15) is 18.2 Å². The van der Waals surface area contributed by atoms with Crippen LogP contribution in [0.3, 0.4) is 0 Å². The van der Waals surface area contributed by atoms with E-state index in [-0.39, 0.29) is 5.56 Å². The Bertz CT molecular complexity index is 698. The number of anilines is 1. The number of nitrogens with one attached hydrogen (secondary N) is 1. The molecule has 0 radical (unpaired) electrons. The smallest absolute Gasteiger partial charge is 0.422 e. The Balaban J connectivity index is 2.18. The van der Waals surface area contributed by atoms with Crippen molar-refractivity contribution in [1.29, 1.82) is 0 Å². The van der Waals surface area contributed by atoms with Gasteiger partial charge in [0.15, 0.2) is 0 Å². The molecule has 7 heteroatoms. The SMILES string of the molecule is COc1nc(N2CCNCC2)cc(-c2ccccc2)c1C(F)(F)F. The third-order valence-corrected chi connectivity index (χ3v) is 3.98. The van der Waals surface area contributed by atoms with Crippen molar-refractivity contribution in [1.82, 2.24) is 10.3 Å². The van der Waals surface area contributed by atoms with Crippen LogP contribution in [0.2, 0.25) is 0 Å². The van der Waals surface area contributed by atoms with Crippen LogP contribution in [0.5, 0.6) is 5.88 Å². The van der Waals surface area contributed by atoms with Gasteiger partial charge < -0.3 is 15.0 Å². The van der Waals surface area contributed by atoms with Gasteiger partial charge in [0.1, 0.15) is 11.4 Å². The van der Waals surface area contributed by atoms with Gasteiger partial charge in [0.2, 0.25) is 5.88 Å². The zero-order valence-electron chi connectivity index (χ0n) is 13.2. The molecule has 1 aromatic carbocycles. The second-order valence-corrected chi connectivity index (χ2v) is 5.51. The average molecular weight is 337 g/mol. The first kappa shape index (κ1) is 16.6. The van der Waals surface area contributed by atoms with E-state index in [9.17, 15) is 13.2 Å². The molecular weight excluding hydrogens is 319 g/mol. The van der Waals surface area contributed by atoms with Gasteiger partial charge in [-0.3, -0.25) is 0 Å². The quantitative estimate of drug-likeness (QED) is 0.933. The average Bonchev–Trinajstić information content (AvgIpc) is 2.61. The number of alkyl halides is 3. The van der Waals surface area contributed by atoms with Crippen molar-refractivity contribution in [3.8, 4) is 17.0 Å². The van der Waals surface area contributed by atoms with Crippen molar-refractivity contribution in [2.45, 2.75) is 6.18 Å². The molecule has 1 aliphatic rings. The molecule has 1 saturated heterocycles. The van der Waals surface area contributed by atoms with E-state index >= 15 is 0 Å². The van der Waals surface area contributed by atoms with Crippen LogP contribution in [0.1, 0.15) is 5.56 Å². The zero-order valence-corrected chi connectivity index (χ0v) is 13.2. The van der Waals surface area contributed by atoms with Gasteiger partial charge >= 0.3 is 6.18 Å². The minimum atomic E-state index is -4.55. The second-order valence-electron chi connectivity index (χ2n) is 5.51. The van der Waals surface area contributed by atoms with Crippen molar-refractivity contribution in [2.75, 3.05) is 38.2 Å². The molecule has 1 fully saturated rings. The highest BCUT2D eigenvalue weighted by molar-refractivity contribution is 5.73. The third-order valence-electron chi connectivity index (χ3n) is 3.98. The van der Waals surface area contributed by atoms with E-state index in [4.69, 9.17) is 4.74 Å². The molecule has 24 heavy (non-hydrogen) atoms. The number of aromatic nitrogens is 1. The standard InChI is InChI=1S/C17H18F3N3O/c1-24-16-15(17(18,19)20)13(12-5-3-2-4-6-12)11-14(22-16)23-9-7-21-8-10-23/h2-6,11,21H,7-10H2,1H3. The second kappa shape index (κ2) is 6.68. The normalized spacial score (nSPS) is 15.4. The molecule has 4 nitrogen and oxygen atoms in total. The number of ether oxygens (including phenoxy) is 1. The van der Waals surface area contributed by atoms with Crippen LogP contribution in [-0.2, 0) is 6.18 Å². The highest BCUT2D eigenvalue weighted by Crippen LogP contribution is 2.43. The molecule has 0 atom stereocenters. The summed E-state index contributed by atoms with van der Waals surface area (Å²) < 4.78 is 45.8. The van der Waals surface area contributed by atoms with Gasteiger partial charge in [0.25, 0.3) is 0 Å². The fourth-order valence-corrected chi connectivity index (χ4v) is 2.83. The Labute approximate surface area is 138 Å². The molecule has 128 valence electrons. The lowest BCUT2D eigenvalue weighted by Gasteiger charge is -2.29. The van der Waals surface area contributed by atoms with Crippen molar-refractivity contribution < 1.29 is 17.9 Å². The maximum atomic E-state index is 13.6. The number of rotatable bonds is 3. The number of pyridine rings is 1. The summed E-state index contributed by atoms with van der Waals surface area (Å²) in [6.45, 7) is 2.92. The van der Waals surface area contributed by atoms with Crippen LogP contribution in [0.4, 0.5) is 19.0 Å². The first-order chi connectivity index (χ1) is 11.5. The number of hydrogen-bond donors (Lipinski definition) is 1. The molecule has 0 amide bonds. The summed E-state index contributed by atoms with van der Waals surface area (Å²) in [7, 11) is 1.22. The molecule has 0 spiro atoms. The summed E-state index contributed by atoms with van der Waals surface area (Å²) in [5, 5.41) is 3.21. The van der Waals surface area contributed by atoms with E-state index in [0.717, 1.165) is 13.1 Å². The topological polar surface area (TPSA) is 37.4 Å². The van der Waals surface area contributed by atoms with Gasteiger partial charge in [0, 0.05) is 31.7 Å². The summed E-state index contributed by atoms with van der Waals surface area (Å²) in [5.41, 5.74) is -0.263. The third kappa shape index (κ3) is 3.31. The number of nitrogens with zero attached hydrogens (tertiary/aromatic N) is 2. The molecule has 0 aliphatic carbocycles. The first-order valence-corrected chi connectivity index (χ1v) is 7.68. The van der Waals surface area contributed by atoms with Crippen LogP contribution in [0.15, 0.2) is 36.4 Å². The molecular formula is C17H18F3N3O. The molecule has 2 heterocycles. The maximum absolute atomic E-state index is 13.6. The van der Waals surface area contributed by atoms with Gasteiger partial charge in [-0.15, -0.1) is 0 Å². The predicted octanol–water partition coefficient (Wildman–Crippen LogP) is 3.19. The lowest BCUT2D eigenvalue weighted by Crippen LogP contribution is -2.44. The molecule has 0 unspecified atom stereocenters. The van der Waals surface area contributed by atoms with Crippen molar-refractivity contribution >= 4 is 5.82 Å². The molecule has 2 aromatic rings. The van der Waals surface area contributed by atoms with E-state index in [2.05, 4.69) is 10.3 Å². The lowest BCUT2D eigenvalue weighted by atomic mass is 10.00. The predicted molar refractivity (Wildman–Crippen MR) is 86.3 cm³/mol. The molecule has 0 saturated carbocycles. The van der Waals surface area contributed by atoms with Crippen LogP contribution in [-0.4, -0.2) is 38.3 Å². The number of hydrogen-bond acceptors (Lipinski definition) is 4. The highest BCUT2D eigenvalue weighted by atomic mass is 19.4. The Hall–Kier alpha value is -2.28. The van der Waals surface area contributed by atoms with Crippen LogP contribution in [0, 0.1) is 0 Å². The Kier molecular flexibility index (Phi) is 4.62. The summed E-state index contributed by atoms with van der Waals surface area (Å²) in [6.07, 6.45) is -4.55. The first-order valence-electron chi connectivity index (χ1n) is 7.68. The fourth-order valence-electron chi connectivity index (χ4n) is 2.83. The van der Waals surface area contributed by atoms with Crippen molar-refractivity contribution in [3.05, 3.63) is 42.0 Å². The Morgan fingerprint density at radius 3 is 2.38 bits per heavy atom. The molecule has 3 rings (SSSR count). The van der Waals surface area contributed by atoms with Crippen LogP contribution >= 0.6 is 0 Å². The number of piperazine rings is 1. The fraction of sp³-hybridized carbons (Fsp3) is 0.353. The molecule has 1 aromatic heterocycles. The van der Waals surface area contributed by atoms with E-state index in [0.29, 0.717) is 24.5 Å². The largest absolute Gasteiger partial charge is 0.480 e. The van der Waals surface area contributed by atoms with E-state index in [1.807, 2.05) is 4.90 Å². The van der Waals surface area contributed by atoms with E-state index in [1.165, 1.54) is 13.2 Å². The zero-order chi connectivity index (χ0) is 17.2. The summed E-state index contributed by atoms with van der Waals surface area (Å²) in [4.78, 5) is 6.09. The molecule has 1 aliphatic heterocycles. The van der Waals surface area contributed by atoms with Gasteiger partial charge in [-0.25, -0.2) is 0 Å². The van der Waals surface area contributed by atoms with Gasteiger partial charge in [-0.05, 0) is 11.6 Å². The van der Waals surface area contributed by atoms with Gasteiger partial charge in [-0.1, -0.05) is 30.3 Å². The monoisotopic (exact) mass is 337 g/mol. The Morgan fingerprint density at radius 2 is 1.79 bits per heavy atom. The van der Waals surface area contributed by atoms with E-state index < -0.39 is 17.6 Å². The number of halogens is 3. The van der Waals surface area contributed by atoms with Crippen molar-refractivity contribution in [3.63, 3.8) is 0 Å². The maximum Gasteiger partial charge on any atom is 0.422 e. The minimum absolute atomic E-state index is 0.0866. The summed E-state index contributed by atoms with van der Waals surface area (Å²) in [5.74, 6) is 0.109. The molecule has 1 N–H and O–H groups in total. The van der Waals surface area contributed by atoms with Crippen molar-refractivity contribution in [2.24, 2.45) is 0 Å². The van der Waals surface area contributed by atoms with Crippen LogP contribution < -0.4 is 15.0 Å². The number of methoxy groups -OCH3 is 1. The Morgan fingerprint density at radius 1 is 1.12 bits per heavy atom. The summed E-state index contributed by atoms with van der Waals surface area (Å²) >= 11 is 0. The summed E-state index contributed by atoms with van der Waals surface area (Å²) in [6, 6.07) is 10.0. The highest BCUT2D eigenvalue weighted by Gasteiger charge is 2.39. The number of benzene rings is 1. The van der Waals surface area contributed by atoms with Gasteiger partial charge in [0.05, 0.1) is 7.11 Å². The minimum Gasteiger partial charge on any atom is -0.480 e.